The number of aromatic nitrogens is 1. The van der Waals surface area contributed by atoms with E-state index in [0.29, 0.717) is 18.2 Å². The zero-order valence-electron chi connectivity index (χ0n) is 12.6. The lowest BCUT2D eigenvalue weighted by Crippen LogP contribution is -2.55. The van der Waals surface area contributed by atoms with Crippen LogP contribution in [-0.4, -0.2) is 23.0 Å². The summed E-state index contributed by atoms with van der Waals surface area (Å²) < 4.78 is 0. The largest absolute Gasteiger partial charge is 0.344 e. The van der Waals surface area contributed by atoms with Gasteiger partial charge >= 0.3 is 0 Å². The van der Waals surface area contributed by atoms with Gasteiger partial charge in [0.2, 0.25) is 0 Å². The summed E-state index contributed by atoms with van der Waals surface area (Å²) in [6.45, 7) is 10.6. The summed E-state index contributed by atoms with van der Waals surface area (Å²) in [5, 5.41) is 5.78. The molecule has 0 aliphatic carbocycles. The van der Waals surface area contributed by atoms with Gasteiger partial charge in [0.25, 0.3) is 5.91 Å². The van der Waals surface area contributed by atoms with Gasteiger partial charge in [-0.3, -0.25) is 4.79 Å². The zero-order chi connectivity index (χ0) is 13.9. The van der Waals surface area contributed by atoms with E-state index in [4.69, 9.17) is 5.73 Å². The molecular weight excluding hydrogens is 317 g/mol. The molecule has 1 atom stereocenters. The maximum atomic E-state index is 12.1. The maximum Gasteiger partial charge on any atom is 0.271 e. The molecule has 0 aromatic carbocycles. The minimum atomic E-state index is -0.390. The summed E-state index contributed by atoms with van der Waals surface area (Å²) in [6, 6.07) is 0. The van der Waals surface area contributed by atoms with Crippen LogP contribution in [0, 0.1) is 5.92 Å². The molecule has 118 valence electrons. The van der Waals surface area contributed by atoms with Gasteiger partial charge in [-0.1, -0.05) is 27.7 Å². The number of hydrogen-bond donors (Lipinski definition) is 2. The first kappa shape index (κ1) is 21.9. The highest BCUT2D eigenvalue weighted by Gasteiger charge is 2.29. The van der Waals surface area contributed by atoms with E-state index < -0.39 is 5.54 Å². The van der Waals surface area contributed by atoms with Gasteiger partial charge in [0.15, 0.2) is 0 Å². The van der Waals surface area contributed by atoms with E-state index in [1.54, 1.807) is 0 Å². The number of carbonyl (C=O) groups is 1. The molecule has 1 aromatic heterocycles. The molecule has 0 spiro atoms. The van der Waals surface area contributed by atoms with Crippen LogP contribution in [0.2, 0.25) is 0 Å². The van der Waals surface area contributed by atoms with Crippen molar-refractivity contribution in [2.45, 2.75) is 46.1 Å². The van der Waals surface area contributed by atoms with Crippen molar-refractivity contribution in [3.63, 3.8) is 0 Å². The van der Waals surface area contributed by atoms with Crippen molar-refractivity contribution in [1.29, 1.82) is 0 Å². The van der Waals surface area contributed by atoms with Crippen LogP contribution in [0.4, 0.5) is 0 Å². The molecule has 0 saturated heterocycles. The predicted octanol–water partition coefficient (Wildman–Crippen LogP) is 3.21. The fourth-order valence-corrected chi connectivity index (χ4v) is 2.23. The van der Waals surface area contributed by atoms with Crippen LogP contribution < -0.4 is 11.1 Å². The van der Waals surface area contributed by atoms with Crippen molar-refractivity contribution < 1.29 is 4.79 Å². The first-order chi connectivity index (χ1) is 8.30. The standard InChI is InChI=1S/C13H23N3OS.2ClH/c1-8(2)12-15-10(6-18-12)11(17)16-13(5,7-14)9(3)4;;/h6,8-9H,7,14H2,1-5H3,(H,16,17);2*1H. The number of nitrogens with one attached hydrogen (secondary N) is 1. The molecule has 4 nitrogen and oxygen atoms in total. The Balaban J connectivity index is 0. The lowest BCUT2D eigenvalue weighted by molar-refractivity contribution is 0.0878. The van der Waals surface area contributed by atoms with Gasteiger partial charge in [0.05, 0.1) is 10.5 Å². The van der Waals surface area contributed by atoms with E-state index >= 15 is 0 Å². The highest BCUT2D eigenvalue weighted by Crippen LogP contribution is 2.20. The van der Waals surface area contributed by atoms with Crippen LogP contribution in [0.5, 0.6) is 0 Å². The Hall–Kier alpha value is -0.360. The van der Waals surface area contributed by atoms with Crippen molar-refractivity contribution in [1.82, 2.24) is 10.3 Å². The van der Waals surface area contributed by atoms with Crippen LogP contribution in [-0.2, 0) is 0 Å². The average molecular weight is 342 g/mol. The van der Waals surface area contributed by atoms with Crippen LogP contribution in [0.15, 0.2) is 5.38 Å². The molecule has 20 heavy (non-hydrogen) atoms. The number of nitrogens with two attached hydrogens (primary N) is 1. The maximum absolute atomic E-state index is 12.1. The van der Waals surface area contributed by atoms with Crippen LogP contribution in [0.3, 0.4) is 0 Å². The number of carbonyl (C=O) groups excluding carboxylic acids is 1. The highest BCUT2D eigenvalue weighted by atomic mass is 35.5. The molecule has 0 radical (unpaired) electrons. The zero-order valence-corrected chi connectivity index (χ0v) is 15.0. The lowest BCUT2D eigenvalue weighted by Gasteiger charge is -2.33. The molecular formula is C13H25Cl2N3OS. The predicted molar refractivity (Wildman–Crippen MR) is 90.5 cm³/mol. The van der Waals surface area contributed by atoms with Crippen molar-refractivity contribution in [2.75, 3.05) is 6.54 Å². The molecule has 0 saturated carbocycles. The Kier molecular flexibility index (Phi) is 9.67. The number of rotatable bonds is 5. The van der Waals surface area contributed by atoms with E-state index in [2.05, 4.69) is 24.1 Å². The SMILES string of the molecule is CC(C)c1nc(C(=O)NC(C)(CN)C(C)C)cs1.Cl.Cl. The number of halogens is 2. The van der Waals surface area contributed by atoms with E-state index in [1.165, 1.54) is 11.3 Å². The Morgan fingerprint density at radius 1 is 1.40 bits per heavy atom. The van der Waals surface area contributed by atoms with Gasteiger partial charge in [0, 0.05) is 17.8 Å². The fraction of sp³-hybridized carbons (Fsp3) is 0.692. The van der Waals surface area contributed by atoms with Crippen molar-refractivity contribution in [3.05, 3.63) is 16.1 Å². The molecule has 1 unspecified atom stereocenters. The normalized spacial score (nSPS) is 13.4. The molecule has 0 aliphatic rings. The van der Waals surface area contributed by atoms with Gasteiger partial charge in [-0.15, -0.1) is 36.2 Å². The van der Waals surface area contributed by atoms with E-state index in [9.17, 15) is 4.79 Å². The van der Waals surface area contributed by atoms with E-state index in [1.807, 2.05) is 26.2 Å². The Labute approximate surface area is 137 Å². The van der Waals surface area contributed by atoms with E-state index in [-0.39, 0.29) is 36.6 Å². The topological polar surface area (TPSA) is 68.0 Å². The second-order valence-electron chi connectivity index (χ2n) is 5.46. The van der Waals surface area contributed by atoms with Crippen molar-refractivity contribution >= 4 is 42.1 Å². The van der Waals surface area contributed by atoms with Crippen LogP contribution in [0.25, 0.3) is 0 Å². The molecule has 1 rings (SSSR count). The summed E-state index contributed by atoms with van der Waals surface area (Å²) in [5.74, 6) is 0.483. The fourth-order valence-electron chi connectivity index (χ4n) is 1.41. The minimum absolute atomic E-state index is 0. The van der Waals surface area contributed by atoms with Crippen molar-refractivity contribution in [3.8, 4) is 0 Å². The molecule has 1 amide bonds. The molecule has 7 heteroatoms. The molecule has 0 bridgehead atoms. The number of amides is 1. The summed E-state index contributed by atoms with van der Waals surface area (Å²) in [6.07, 6.45) is 0. The average Bonchev–Trinajstić information content (AvgIpc) is 2.77. The van der Waals surface area contributed by atoms with Gasteiger partial charge in [-0.05, 0) is 12.8 Å². The third-order valence-electron chi connectivity index (χ3n) is 3.35. The minimum Gasteiger partial charge on any atom is -0.344 e. The van der Waals surface area contributed by atoms with Crippen molar-refractivity contribution in [2.24, 2.45) is 11.7 Å². The quantitative estimate of drug-likeness (QED) is 0.863. The second kappa shape index (κ2) is 8.82. The summed E-state index contributed by atoms with van der Waals surface area (Å²) >= 11 is 1.52. The van der Waals surface area contributed by atoms with E-state index in [0.717, 1.165) is 5.01 Å². The summed E-state index contributed by atoms with van der Waals surface area (Å²) in [7, 11) is 0. The molecule has 1 aromatic rings. The first-order valence-electron chi connectivity index (χ1n) is 6.28. The Morgan fingerprint density at radius 2 is 1.95 bits per heavy atom. The molecule has 0 fully saturated rings. The Bertz CT molecular complexity index is 424. The molecule has 1 heterocycles. The number of hydrogen-bond acceptors (Lipinski definition) is 4. The number of nitrogens with zero attached hydrogens (tertiary/aromatic N) is 1. The molecule has 3 N–H and O–H groups in total. The second-order valence-corrected chi connectivity index (χ2v) is 6.35. The third-order valence-corrected chi connectivity index (χ3v) is 4.49. The van der Waals surface area contributed by atoms with Gasteiger partial charge in [0.1, 0.15) is 5.69 Å². The Morgan fingerprint density at radius 3 is 2.30 bits per heavy atom. The van der Waals surface area contributed by atoms with Gasteiger partial charge in [-0.25, -0.2) is 4.98 Å². The lowest BCUT2D eigenvalue weighted by atomic mass is 9.88. The third kappa shape index (κ3) is 5.20. The summed E-state index contributed by atoms with van der Waals surface area (Å²) in [4.78, 5) is 16.5. The van der Waals surface area contributed by atoms with Crippen LogP contribution >= 0.6 is 36.2 Å². The summed E-state index contributed by atoms with van der Waals surface area (Å²) in [5.41, 5.74) is 5.85. The van der Waals surface area contributed by atoms with Crippen LogP contribution in [0.1, 0.15) is 56.0 Å². The molecule has 0 aliphatic heterocycles. The smallest absolute Gasteiger partial charge is 0.271 e. The monoisotopic (exact) mass is 341 g/mol. The van der Waals surface area contributed by atoms with Gasteiger partial charge < -0.3 is 11.1 Å². The highest BCUT2D eigenvalue weighted by molar-refractivity contribution is 7.09. The first-order valence-corrected chi connectivity index (χ1v) is 7.16. The number of thiazole rings is 1. The van der Waals surface area contributed by atoms with Gasteiger partial charge in [-0.2, -0.15) is 0 Å².